The molecule has 354 valence electrons. The number of rotatable bonds is 42. The van der Waals surface area contributed by atoms with Gasteiger partial charge in [0.1, 0.15) is 0 Å². The smallest absolute Gasteiger partial charge is 0.343 e. The van der Waals surface area contributed by atoms with Crippen LogP contribution in [0.15, 0.2) is 0 Å². The minimum atomic E-state index is 0. The molecule has 0 saturated heterocycles. The molecule has 0 amide bonds. The molecule has 0 atom stereocenters. The van der Waals surface area contributed by atoms with Crippen LogP contribution in [0, 0.1) is 44.9 Å². The quantitative estimate of drug-likeness (QED) is 0.0422. The molecular formula is C57H118Os. The van der Waals surface area contributed by atoms with Crippen LogP contribution in [0.2, 0.25) is 0 Å². The van der Waals surface area contributed by atoms with E-state index in [9.17, 15) is 0 Å². The maximum Gasteiger partial charge on any atom is 4.00 e. The molecule has 0 fully saturated rings. The molecule has 0 aliphatic carbocycles. The van der Waals surface area contributed by atoms with E-state index in [0.29, 0.717) is 0 Å². The summed E-state index contributed by atoms with van der Waals surface area (Å²) in [4.78, 5) is 0. The molecule has 0 aromatic rings. The number of hydrogen-bond donors (Lipinski definition) is 0. The molecule has 58 heavy (non-hydrogen) atoms. The van der Waals surface area contributed by atoms with Crippen LogP contribution in [0.3, 0.4) is 0 Å². The molecule has 0 aromatic heterocycles. The number of hydrogen-bond acceptors (Lipinski definition) is 0. The predicted molar refractivity (Wildman–Crippen MR) is 270 cm³/mol. The van der Waals surface area contributed by atoms with E-state index in [2.05, 4.69) is 62.3 Å². The molecule has 0 aliphatic rings. The van der Waals surface area contributed by atoms with Gasteiger partial charge < -0.3 is 27.2 Å². The first-order valence-corrected chi connectivity index (χ1v) is 26.8. The van der Waals surface area contributed by atoms with Crippen molar-refractivity contribution >= 4 is 0 Å². The molecule has 0 bridgehead atoms. The van der Waals surface area contributed by atoms with Crippen LogP contribution in [-0.2, 0) is 19.8 Å². The fourth-order valence-electron chi connectivity index (χ4n) is 7.49. The Bertz CT molecular complexity index is 513. The molecule has 0 heterocycles. The van der Waals surface area contributed by atoms with Crippen LogP contribution in [0.5, 0.6) is 0 Å². The van der Waals surface area contributed by atoms with E-state index in [1.807, 2.05) is 20.3 Å². The van der Waals surface area contributed by atoms with Gasteiger partial charge in [-0.25, -0.2) is 0 Å². The van der Waals surface area contributed by atoms with Crippen LogP contribution in [-0.4, -0.2) is 0 Å². The summed E-state index contributed by atoms with van der Waals surface area (Å²) in [7, 11) is 0. The second-order valence-electron chi connectivity index (χ2n) is 19.4. The van der Waals surface area contributed by atoms with E-state index in [1.165, 1.54) is 250 Å². The van der Waals surface area contributed by atoms with Gasteiger partial charge in [-0.3, -0.25) is 0 Å². The van der Waals surface area contributed by atoms with Crippen LogP contribution < -0.4 is 0 Å². The molecule has 0 radical (unpaired) electrons. The first-order valence-electron chi connectivity index (χ1n) is 26.8. The van der Waals surface area contributed by atoms with Crippen molar-refractivity contribution in [2.24, 2.45) is 17.8 Å². The third-order valence-electron chi connectivity index (χ3n) is 11.3. The molecule has 0 aliphatic heterocycles. The molecule has 0 unspecified atom stereocenters. The summed E-state index contributed by atoms with van der Waals surface area (Å²) in [5.41, 5.74) is 0. The maximum atomic E-state index is 3.88. The molecule has 0 rings (SSSR count). The van der Waals surface area contributed by atoms with Crippen molar-refractivity contribution in [1.29, 1.82) is 0 Å². The molecule has 0 spiro atoms. The second-order valence-corrected chi connectivity index (χ2v) is 19.4. The van der Waals surface area contributed by atoms with Crippen molar-refractivity contribution in [3.63, 3.8) is 0 Å². The zero-order valence-corrected chi connectivity index (χ0v) is 45.0. The summed E-state index contributed by atoms with van der Waals surface area (Å²) in [6.07, 6.45) is 61.7. The van der Waals surface area contributed by atoms with Crippen molar-refractivity contribution in [2.45, 2.75) is 325 Å². The van der Waals surface area contributed by atoms with Gasteiger partial charge in [0, 0.05) is 0 Å². The summed E-state index contributed by atoms with van der Waals surface area (Å²) in [6, 6.07) is 0. The average molecular weight is 994 g/mol. The molecule has 0 nitrogen and oxygen atoms in total. The fraction of sp³-hybridized carbons (Fsp3) is 0.930. The molecule has 0 N–H and O–H groups in total. The van der Waals surface area contributed by atoms with Crippen molar-refractivity contribution in [3.05, 3.63) is 27.2 Å². The van der Waals surface area contributed by atoms with E-state index in [-0.39, 0.29) is 19.8 Å². The zero-order valence-electron chi connectivity index (χ0n) is 42.5. The van der Waals surface area contributed by atoms with Crippen molar-refractivity contribution in [2.75, 3.05) is 0 Å². The van der Waals surface area contributed by atoms with Gasteiger partial charge in [0.25, 0.3) is 0 Å². The average Bonchev–Trinajstić information content (AvgIpc) is 3.17. The Morgan fingerprint density at radius 1 is 0.241 bits per heavy atom. The van der Waals surface area contributed by atoms with Crippen molar-refractivity contribution < 1.29 is 19.8 Å². The van der Waals surface area contributed by atoms with Crippen LogP contribution in [0.25, 0.3) is 0 Å². The van der Waals surface area contributed by atoms with Gasteiger partial charge in [0.2, 0.25) is 0 Å². The van der Waals surface area contributed by atoms with Crippen LogP contribution >= 0.6 is 0 Å². The monoisotopic (exact) mass is 995 g/mol. The molecule has 1 heteroatoms. The van der Waals surface area contributed by atoms with Crippen molar-refractivity contribution in [1.82, 2.24) is 0 Å². The standard InChI is InChI=1S/3C18H37.C3H7.Os/c3*1-4-5-6-7-8-9-10-11-12-13-14-15-16-17-18(2)3;1-3-2;/h3*18H,1,4-17H2,2-3H3;3H,1-2H3;/q4*-1;+4. The fourth-order valence-corrected chi connectivity index (χ4v) is 7.49. The Hall–Kier alpha value is 0.636. The Morgan fingerprint density at radius 2 is 0.345 bits per heavy atom. The Labute approximate surface area is 387 Å². The molecular weight excluding hydrogens is 875 g/mol. The molecule has 0 aromatic carbocycles. The summed E-state index contributed by atoms with van der Waals surface area (Å²) in [6.45, 7) is 29.6. The minimum Gasteiger partial charge on any atom is -0.343 e. The Kier molecular flexibility index (Phi) is 77.9. The van der Waals surface area contributed by atoms with E-state index < -0.39 is 0 Å². The normalized spacial score (nSPS) is 10.9. The minimum absolute atomic E-state index is 0. The predicted octanol–water partition coefficient (Wildman–Crippen LogP) is 22.0. The summed E-state index contributed by atoms with van der Waals surface area (Å²) < 4.78 is 0. The van der Waals surface area contributed by atoms with Crippen LogP contribution in [0.4, 0.5) is 0 Å². The summed E-state index contributed by atoms with van der Waals surface area (Å²) in [5.74, 6) is 2.69. The van der Waals surface area contributed by atoms with E-state index in [0.717, 1.165) is 37.0 Å². The van der Waals surface area contributed by atoms with Gasteiger partial charge in [-0.2, -0.15) is 33.1 Å². The van der Waals surface area contributed by atoms with Gasteiger partial charge in [0.15, 0.2) is 0 Å². The molecule has 0 saturated carbocycles. The topological polar surface area (TPSA) is 0 Å². The maximum absolute atomic E-state index is 3.88. The van der Waals surface area contributed by atoms with E-state index in [1.54, 1.807) is 0 Å². The summed E-state index contributed by atoms with van der Waals surface area (Å²) in [5, 5.41) is 0. The van der Waals surface area contributed by atoms with Gasteiger partial charge in [-0.1, -0.05) is 292 Å². The van der Waals surface area contributed by atoms with Gasteiger partial charge >= 0.3 is 19.8 Å². The van der Waals surface area contributed by atoms with E-state index in [4.69, 9.17) is 0 Å². The number of unbranched alkanes of at least 4 members (excludes halogenated alkanes) is 36. The SMILES string of the molecule is C[CH-]C.[CH2-]CCCCCCCCCCCCCCC(C)C.[CH2-]CCCCCCCCCCCCCCC(C)C.[CH2-]CCCCCCCCCCCCCCC(C)C.[Os+4]. The summed E-state index contributed by atoms with van der Waals surface area (Å²) >= 11 is 0. The van der Waals surface area contributed by atoms with Gasteiger partial charge in [0.05, 0.1) is 0 Å². The zero-order chi connectivity index (χ0) is 43.1. The first-order chi connectivity index (χ1) is 27.7. The Balaban J connectivity index is -0.000000232. The third-order valence-corrected chi connectivity index (χ3v) is 11.3. The second kappa shape index (κ2) is 66.7. The Morgan fingerprint density at radius 3 is 0.448 bits per heavy atom. The third kappa shape index (κ3) is 84.2. The van der Waals surface area contributed by atoms with Gasteiger partial charge in [-0.05, 0) is 17.8 Å². The van der Waals surface area contributed by atoms with Crippen molar-refractivity contribution in [3.8, 4) is 0 Å². The first kappa shape index (κ1) is 67.7. The van der Waals surface area contributed by atoms with Crippen LogP contribution in [0.1, 0.15) is 325 Å². The van der Waals surface area contributed by atoms with E-state index >= 15 is 0 Å². The largest absolute Gasteiger partial charge is 4.00 e. The van der Waals surface area contributed by atoms with Gasteiger partial charge in [-0.15, -0.1) is 0 Å².